The Morgan fingerprint density at radius 1 is 1.04 bits per heavy atom. The zero-order valence-electron chi connectivity index (χ0n) is 15.3. The SMILES string of the molecule is CCCCCCCCCCCCNC(=O)[C@@H](N)Cc1ccccn1. The predicted octanol–water partition coefficient (Wildman–Crippen LogP) is 3.99. The van der Waals surface area contributed by atoms with E-state index in [-0.39, 0.29) is 5.91 Å². The molecule has 0 unspecified atom stereocenters. The van der Waals surface area contributed by atoms with Crippen molar-refractivity contribution in [1.29, 1.82) is 0 Å². The first-order valence-electron chi connectivity index (χ1n) is 9.67. The zero-order chi connectivity index (χ0) is 17.5. The number of hydrogen-bond donors (Lipinski definition) is 2. The monoisotopic (exact) mass is 333 g/mol. The molecule has 0 aliphatic heterocycles. The lowest BCUT2D eigenvalue weighted by Crippen LogP contribution is -2.42. The summed E-state index contributed by atoms with van der Waals surface area (Å²) < 4.78 is 0. The molecule has 0 aliphatic carbocycles. The molecule has 0 fully saturated rings. The number of carbonyl (C=O) groups excluding carboxylic acids is 1. The lowest BCUT2D eigenvalue weighted by Gasteiger charge is -2.11. The summed E-state index contributed by atoms with van der Waals surface area (Å²) in [7, 11) is 0. The van der Waals surface area contributed by atoms with E-state index in [1.54, 1.807) is 6.20 Å². The molecule has 1 amide bonds. The highest BCUT2D eigenvalue weighted by atomic mass is 16.2. The quantitative estimate of drug-likeness (QED) is 0.506. The molecule has 0 saturated heterocycles. The molecule has 4 heteroatoms. The minimum Gasteiger partial charge on any atom is -0.355 e. The number of unbranched alkanes of at least 4 members (excludes halogenated alkanes) is 9. The van der Waals surface area contributed by atoms with Crippen molar-refractivity contribution in [2.45, 2.75) is 83.6 Å². The van der Waals surface area contributed by atoms with Crippen LogP contribution in [0.4, 0.5) is 0 Å². The van der Waals surface area contributed by atoms with Crippen LogP contribution in [0.3, 0.4) is 0 Å². The van der Waals surface area contributed by atoms with Crippen LogP contribution in [0.2, 0.25) is 0 Å². The normalized spacial score (nSPS) is 12.1. The number of nitrogens with zero attached hydrogens (tertiary/aromatic N) is 1. The molecule has 1 heterocycles. The largest absolute Gasteiger partial charge is 0.355 e. The average Bonchev–Trinajstić information content (AvgIpc) is 2.60. The van der Waals surface area contributed by atoms with Crippen molar-refractivity contribution in [2.75, 3.05) is 6.54 Å². The van der Waals surface area contributed by atoms with Crippen LogP contribution in [0.25, 0.3) is 0 Å². The minimum absolute atomic E-state index is 0.0726. The Morgan fingerprint density at radius 2 is 1.67 bits per heavy atom. The van der Waals surface area contributed by atoms with Crippen molar-refractivity contribution >= 4 is 5.91 Å². The van der Waals surface area contributed by atoms with Crippen LogP contribution >= 0.6 is 0 Å². The first-order valence-corrected chi connectivity index (χ1v) is 9.67. The molecular formula is C20H35N3O. The van der Waals surface area contributed by atoms with Gasteiger partial charge in [0.05, 0.1) is 6.04 Å². The summed E-state index contributed by atoms with van der Waals surface area (Å²) in [5.41, 5.74) is 6.79. The summed E-state index contributed by atoms with van der Waals surface area (Å²) in [6.07, 6.45) is 15.2. The highest BCUT2D eigenvalue weighted by Gasteiger charge is 2.13. The Bertz CT molecular complexity index is 422. The van der Waals surface area contributed by atoms with Gasteiger partial charge in [-0.25, -0.2) is 0 Å². The fraction of sp³-hybridized carbons (Fsp3) is 0.700. The second kappa shape index (κ2) is 14.0. The van der Waals surface area contributed by atoms with Crippen molar-refractivity contribution in [1.82, 2.24) is 10.3 Å². The van der Waals surface area contributed by atoms with Crippen LogP contribution in [0.15, 0.2) is 24.4 Å². The molecule has 1 atom stereocenters. The smallest absolute Gasteiger partial charge is 0.237 e. The number of nitrogens with one attached hydrogen (secondary N) is 1. The fourth-order valence-corrected chi connectivity index (χ4v) is 2.79. The molecule has 0 aliphatic rings. The second-order valence-electron chi connectivity index (χ2n) is 6.60. The number of pyridine rings is 1. The lowest BCUT2D eigenvalue weighted by atomic mass is 10.1. The van der Waals surface area contributed by atoms with Gasteiger partial charge in [-0.1, -0.05) is 70.8 Å². The topological polar surface area (TPSA) is 68.0 Å². The Kier molecular flexibility index (Phi) is 12.0. The maximum Gasteiger partial charge on any atom is 0.237 e. The van der Waals surface area contributed by atoms with Crippen molar-refractivity contribution in [3.63, 3.8) is 0 Å². The van der Waals surface area contributed by atoms with Gasteiger partial charge in [-0.3, -0.25) is 9.78 Å². The third-order valence-electron chi connectivity index (χ3n) is 4.32. The van der Waals surface area contributed by atoms with Gasteiger partial charge < -0.3 is 11.1 Å². The minimum atomic E-state index is -0.511. The Hall–Kier alpha value is -1.42. The van der Waals surface area contributed by atoms with Gasteiger partial charge in [0.15, 0.2) is 0 Å². The number of rotatable bonds is 14. The average molecular weight is 334 g/mol. The van der Waals surface area contributed by atoms with Crippen molar-refractivity contribution < 1.29 is 4.79 Å². The Morgan fingerprint density at radius 3 is 2.25 bits per heavy atom. The van der Waals surface area contributed by atoms with Crippen LogP contribution in [-0.4, -0.2) is 23.5 Å². The molecule has 0 aromatic carbocycles. The van der Waals surface area contributed by atoms with E-state index < -0.39 is 6.04 Å². The first-order chi connectivity index (χ1) is 11.7. The summed E-state index contributed by atoms with van der Waals surface area (Å²) in [5.74, 6) is -0.0726. The highest BCUT2D eigenvalue weighted by Crippen LogP contribution is 2.10. The molecule has 1 rings (SSSR count). The van der Waals surface area contributed by atoms with E-state index in [9.17, 15) is 4.79 Å². The van der Waals surface area contributed by atoms with Gasteiger partial charge in [0.25, 0.3) is 0 Å². The van der Waals surface area contributed by atoms with Crippen molar-refractivity contribution in [3.8, 4) is 0 Å². The van der Waals surface area contributed by atoms with E-state index in [1.165, 1.54) is 57.8 Å². The highest BCUT2D eigenvalue weighted by molar-refractivity contribution is 5.81. The molecular weight excluding hydrogens is 298 g/mol. The van der Waals surface area contributed by atoms with Crippen LogP contribution < -0.4 is 11.1 Å². The standard InChI is InChI=1S/C20H35N3O/c1-2-3-4-5-6-7-8-9-10-12-16-23-20(24)19(21)17-18-14-11-13-15-22-18/h11,13-15,19H,2-10,12,16-17,21H2,1H3,(H,23,24)/t19-/m0/s1. The molecule has 136 valence electrons. The summed E-state index contributed by atoms with van der Waals surface area (Å²) in [6, 6.07) is 5.16. The van der Waals surface area contributed by atoms with E-state index in [1.807, 2.05) is 18.2 Å². The van der Waals surface area contributed by atoms with E-state index in [0.29, 0.717) is 6.42 Å². The van der Waals surface area contributed by atoms with E-state index in [2.05, 4.69) is 17.2 Å². The van der Waals surface area contributed by atoms with Gasteiger partial charge in [-0.15, -0.1) is 0 Å². The maximum absolute atomic E-state index is 11.9. The number of carbonyl (C=O) groups is 1. The first kappa shape index (κ1) is 20.6. The number of aromatic nitrogens is 1. The number of nitrogens with two attached hydrogens (primary N) is 1. The van der Waals surface area contributed by atoms with Crippen LogP contribution in [-0.2, 0) is 11.2 Å². The molecule has 24 heavy (non-hydrogen) atoms. The van der Waals surface area contributed by atoms with Crippen molar-refractivity contribution in [2.24, 2.45) is 5.73 Å². The van der Waals surface area contributed by atoms with Crippen LogP contribution in [0, 0.1) is 0 Å². The Balaban J connectivity index is 1.94. The summed E-state index contributed by atoms with van der Waals surface area (Å²) in [4.78, 5) is 16.1. The van der Waals surface area contributed by atoms with Gasteiger partial charge in [0.1, 0.15) is 0 Å². The third-order valence-corrected chi connectivity index (χ3v) is 4.32. The number of hydrogen-bond acceptors (Lipinski definition) is 3. The van der Waals surface area contributed by atoms with E-state index >= 15 is 0 Å². The van der Waals surface area contributed by atoms with E-state index in [0.717, 1.165) is 18.7 Å². The zero-order valence-corrected chi connectivity index (χ0v) is 15.3. The fourth-order valence-electron chi connectivity index (χ4n) is 2.79. The molecule has 0 radical (unpaired) electrons. The van der Waals surface area contributed by atoms with Gasteiger partial charge in [-0.05, 0) is 18.6 Å². The molecule has 4 nitrogen and oxygen atoms in total. The van der Waals surface area contributed by atoms with Gasteiger partial charge in [0.2, 0.25) is 5.91 Å². The summed E-state index contributed by atoms with van der Waals surface area (Å²) in [6.45, 7) is 2.98. The summed E-state index contributed by atoms with van der Waals surface area (Å²) >= 11 is 0. The molecule has 0 spiro atoms. The van der Waals surface area contributed by atoms with Crippen molar-refractivity contribution in [3.05, 3.63) is 30.1 Å². The molecule has 1 aromatic rings. The number of amides is 1. The van der Waals surface area contributed by atoms with Crippen LogP contribution in [0.5, 0.6) is 0 Å². The maximum atomic E-state index is 11.9. The summed E-state index contributed by atoms with van der Waals surface area (Å²) in [5, 5.41) is 2.94. The van der Waals surface area contributed by atoms with E-state index in [4.69, 9.17) is 5.73 Å². The third kappa shape index (κ3) is 10.4. The van der Waals surface area contributed by atoms with Gasteiger partial charge >= 0.3 is 0 Å². The molecule has 3 N–H and O–H groups in total. The second-order valence-corrected chi connectivity index (χ2v) is 6.60. The van der Waals surface area contributed by atoms with Gasteiger partial charge in [0, 0.05) is 24.9 Å². The Labute approximate surface area is 147 Å². The van der Waals surface area contributed by atoms with Gasteiger partial charge in [-0.2, -0.15) is 0 Å². The molecule has 0 bridgehead atoms. The predicted molar refractivity (Wildman–Crippen MR) is 101 cm³/mol. The molecule has 0 saturated carbocycles. The lowest BCUT2D eigenvalue weighted by molar-refractivity contribution is -0.122. The van der Waals surface area contributed by atoms with Crippen LogP contribution in [0.1, 0.15) is 76.8 Å². The molecule has 1 aromatic heterocycles.